The molecule has 0 fully saturated rings. The Morgan fingerprint density at radius 1 is 1.00 bits per heavy atom. The molecule has 0 aliphatic rings. The highest BCUT2D eigenvalue weighted by atomic mass is 32.2. The Balaban J connectivity index is 1.53. The Kier molecular flexibility index (Phi) is 6.76. The highest BCUT2D eigenvalue weighted by Crippen LogP contribution is 2.25. The van der Waals surface area contributed by atoms with Gasteiger partial charge in [-0.1, -0.05) is 54.1 Å². The number of anilines is 1. The molecule has 0 aliphatic carbocycles. The summed E-state index contributed by atoms with van der Waals surface area (Å²) >= 11 is 0. The molecule has 0 atom stereocenters. The molecule has 35 heavy (non-hydrogen) atoms. The number of benzene rings is 3. The maximum absolute atomic E-state index is 12.9. The molecule has 10 heteroatoms. The van der Waals surface area contributed by atoms with Crippen LogP contribution in [-0.2, 0) is 19.6 Å². The third kappa shape index (κ3) is 5.81. The lowest BCUT2D eigenvalue weighted by molar-refractivity contribution is -0.119. The van der Waals surface area contributed by atoms with Crippen molar-refractivity contribution in [2.45, 2.75) is 11.8 Å². The number of aromatic nitrogens is 2. The average Bonchev–Trinajstić information content (AvgIpc) is 3.29. The van der Waals surface area contributed by atoms with Crippen LogP contribution in [0.3, 0.4) is 0 Å². The van der Waals surface area contributed by atoms with Gasteiger partial charge in [-0.05, 0) is 37.3 Å². The molecule has 0 unspecified atom stereocenters. The Morgan fingerprint density at radius 2 is 1.71 bits per heavy atom. The normalized spacial score (nSPS) is 11.1. The van der Waals surface area contributed by atoms with Gasteiger partial charge in [-0.2, -0.15) is 5.10 Å². The minimum atomic E-state index is -3.92. The van der Waals surface area contributed by atoms with Crippen LogP contribution in [0.2, 0.25) is 0 Å². The maximum Gasteiger partial charge on any atom is 0.342 e. The van der Waals surface area contributed by atoms with E-state index >= 15 is 0 Å². The molecule has 9 nitrogen and oxygen atoms in total. The van der Waals surface area contributed by atoms with E-state index in [4.69, 9.17) is 9.88 Å². The molecule has 0 bridgehead atoms. The fourth-order valence-corrected chi connectivity index (χ4v) is 3.88. The largest absolute Gasteiger partial charge is 0.452 e. The number of rotatable bonds is 7. The molecular weight excluding hydrogens is 468 g/mol. The number of para-hydroxylation sites is 1. The van der Waals surface area contributed by atoms with Gasteiger partial charge in [0.15, 0.2) is 6.61 Å². The second-order valence-corrected chi connectivity index (χ2v) is 9.30. The van der Waals surface area contributed by atoms with Gasteiger partial charge in [-0.3, -0.25) is 4.79 Å². The second kappa shape index (κ2) is 9.92. The van der Waals surface area contributed by atoms with E-state index in [9.17, 15) is 18.0 Å². The van der Waals surface area contributed by atoms with Gasteiger partial charge in [0.1, 0.15) is 11.3 Å². The first kappa shape index (κ1) is 23.9. The zero-order chi connectivity index (χ0) is 25.0. The summed E-state index contributed by atoms with van der Waals surface area (Å²) in [7, 11) is -3.92. The summed E-state index contributed by atoms with van der Waals surface area (Å²) in [6, 6.07) is 22.3. The van der Waals surface area contributed by atoms with Gasteiger partial charge >= 0.3 is 5.97 Å². The number of amides is 1. The number of primary sulfonamides is 1. The first-order valence-corrected chi connectivity index (χ1v) is 12.1. The lowest BCUT2D eigenvalue weighted by Gasteiger charge is -2.08. The molecule has 4 rings (SSSR count). The Hall–Kier alpha value is -4.28. The number of carbonyl (C=O) groups is 2. The van der Waals surface area contributed by atoms with E-state index in [-0.39, 0.29) is 16.1 Å². The van der Waals surface area contributed by atoms with Gasteiger partial charge in [0.05, 0.1) is 10.6 Å². The van der Waals surface area contributed by atoms with Crippen molar-refractivity contribution in [3.05, 3.63) is 96.2 Å². The van der Waals surface area contributed by atoms with Crippen molar-refractivity contribution in [1.82, 2.24) is 9.78 Å². The molecule has 0 saturated heterocycles. The predicted molar refractivity (Wildman–Crippen MR) is 130 cm³/mol. The van der Waals surface area contributed by atoms with Crippen LogP contribution in [0.25, 0.3) is 16.9 Å². The summed E-state index contributed by atoms with van der Waals surface area (Å²) in [6.45, 7) is 1.38. The van der Waals surface area contributed by atoms with Crippen molar-refractivity contribution in [3.63, 3.8) is 0 Å². The Labute approximate surface area is 202 Å². The Morgan fingerprint density at radius 3 is 2.40 bits per heavy atom. The van der Waals surface area contributed by atoms with E-state index in [1.54, 1.807) is 10.9 Å². The molecule has 1 heterocycles. The molecule has 3 N–H and O–H groups in total. The van der Waals surface area contributed by atoms with Crippen LogP contribution in [0, 0.1) is 6.92 Å². The fraction of sp³-hybridized carbons (Fsp3) is 0.0800. The quantitative estimate of drug-likeness (QED) is 0.382. The molecule has 1 aromatic heterocycles. The molecule has 3 aromatic carbocycles. The van der Waals surface area contributed by atoms with Gasteiger partial charge in [-0.15, -0.1) is 0 Å². The van der Waals surface area contributed by atoms with Gasteiger partial charge in [0.25, 0.3) is 5.91 Å². The van der Waals surface area contributed by atoms with Gasteiger partial charge in [0, 0.05) is 17.4 Å². The van der Waals surface area contributed by atoms with E-state index in [2.05, 4.69) is 10.4 Å². The summed E-state index contributed by atoms with van der Waals surface area (Å²) in [6.07, 6.45) is 1.56. The van der Waals surface area contributed by atoms with E-state index < -0.39 is 28.5 Å². The van der Waals surface area contributed by atoms with Crippen LogP contribution < -0.4 is 10.5 Å². The minimum Gasteiger partial charge on any atom is -0.452 e. The SMILES string of the molecule is Cc1ccc(-c2nn(-c3ccccc3)cc2C(=O)OCC(=O)Nc2cccc(S(N)(=O)=O)c2)cc1. The predicted octanol–water partition coefficient (Wildman–Crippen LogP) is 3.29. The zero-order valence-electron chi connectivity index (χ0n) is 18.7. The fourth-order valence-electron chi connectivity index (χ4n) is 3.32. The van der Waals surface area contributed by atoms with E-state index in [1.807, 2.05) is 61.5 Å². The molecular formula is C25H22N4O5S. The lowest BCUT2D eigenvalue weighted by atomic mass is 10.1. The zero-order valence-corrected chi connectivity index (χ0v) is 19.5. The molecule has 1 amide bonds. The van der Waals surface area contributed by atoms with E-state index in [1.165, 1.54) is 24.3 Å². The maximum atomic E-state index is 12.9. The topological polar surface area (TPSA) is 133 Å². The Bertz CT molecular complexity index is 1480. The van der Waals surface area contributed by atoms with Crippen LogP contribution in [0.5, 0.6) is 0 Å². The minimum absolute atomic E-state index is 0.150. The van der Waals surface area contributed by atoms with Crippen LogP contribution in [-0.4, -0.2) is 36.7 Å². The third-order valence-electron chi connectivity index (χ3n) is 5.06. The molecule has 0 aliphatic heterocycles. The molecule has 4 aromatic rings. The van der Waals surface area contributed by atoms with Crippen LogP contribution in [0.1, 0.15) is 15.9 Å². The van der Waals surface area contributed by atoms with Crippen molar-refractivity contribution in [2.24, 2.45) is 5.14 Å². The number of hydrogen-bond donors (Lipinski definition) is 2. The summed E-state index contributed by atoms with van der Waals surface area (Å²) in [5.74, 6) is -1.37. The van der Waals surface area contributed by atoms with Crippen LogP contribution >= 0.6 is 0 Å². The van der Waals surface area contributed by atoms with Crippen molar-refractivity contribution < 1.29 is 22.7 Å². The van der Waals surface area contributed by atoms with Crippen molar-refractivity contribution >= 4 is 27.6 Å². The number of aryl methyl sites for hydroxylation is 1. The van der Waals surface area contributed by atoms with Crippen molar-refractivity contribution in [3.8, 4) is 16.9 Å². The third-order valence-corrected chi connectivity index (χ3v) is 5.97. The van der Waals surface area contributed by atoms with E-state index in [0.717, 1.165) is 16.8 Å². The molecule has 0 saturated carbocycles. The van der Waals surface area contributed by atoms with Crippen LogP contribution in [0.15, 0.2) is 90.0 Å². The highest BCUT2D eigenvalue weighted by Gasteiger charge is 2.21. The molecule has 0 spiro atoms. The molecule has 178 valence electrons. The lowest BCUT2D eigenvalue weighted by Crippen LogP contribution is -2.21. The number of nitrogens with zero attached hydrogens (tertiary/aromatic N) is 2. The monoisotopic (exact) mass is 490 g/mol. The second-order valence-electron chi connectivity index (χ2n) is 7.73. The van der Waals surface area contributed by atoms with Gasteiger partial charge in [-0.25, -0.2) is 23.0 Å². The number of nitrogens with one attached hydrogen (secondary N) is 1. The number of sulfonamides is 1. The number of esters is 1. The number of hydrogen-bond acceptors (Lipinski definition) is 6. The summed E-state index contributed by atoms with van der Waals surface area (Å²) in [5.41, 5.74) is 3.36. The standard InChI is InChI=1S/C25H22N4O5S/c1-17-10-12-18(13-11-17)24-22(15-29(28-24)20-7-3-2-4-8-20)25(31)34-16-23(30)27-19-6-5-9-21(14-19)35(26,32)33/h2-15H,16H2,1H3,(H,27,30)(H2,26,32,33). The first-order valence-electron chi connectivity index (χ1n) is 10.5. The molecule has 0 radical (unpaired) electrons. The van der Waals surface area contributed by atoms with Gasteiger partial charge < -0.3 is 10.1 Å². The number of nitrogens with two attached hydrogens (primary N) is 1. The number of ether oxygens (including phenoxy) is 1. The summed E-state index contributed by atoms with van der Waals surface area (Å²) in [5, 5.41) is 12.2. The van der Waals surface area contributed by atoms with Gasteiger partial charge in [0.2, 0.25) is 10.0 Å². The smallest absolute Gasteiger partial charge is 0.342 e. The first-order chi connectivity index (χ1) is 16.7. The van der Waals surface area contributed by atoms with E-state index in [0.29, 0.717) is 5.69 Å². The van der Waals surface area contributed by atoms with Crippen LogP contribution in [0.4, 0.5) is 5.69 Å². The number of carbonyl (C=O) groups excluding carboxylic acids is 2. The van der Waals surface area contributed by atoms with Crippen molar-refractivity contribution in [1.29, 1.82) is 0 Å². The summed E-state index contributed by atoms with van der Waals surface area (Å²) < 4.78 is 29.8. The van der Waals surface area contributed by atoms with Crippen molar-refractivity contribution in [2.75, 3.05) is 11.9 Å². The summed E-state index contributed by atoms with van der Waals surface area (Å²) in [4.78, 5) is 25.1. The average molecular weight is 491 g/mol. The highest BCUT2D eigenvalue weighted by molar-refractivity contribution is 7.89.